The maximum Gasteiger partial charge on any atom is 0.250 e. The molecular weight excluding hydrogens is 350 g/mol. The van der Waals surface area contributed by atoms with Gasteiger partial charge in [-0.1, -0.05) is 41.2 Å². The Hall–Kier alpha value is -3.19. The molecule has 130 valence electrons. The smallest absolute Gasteiger partial charge is 0.250 e. The van der Waals surface area contributed by atoms with Gasteiger partial charge in [0.2, 0.25) is 17.8 Å². The standard InChI is InChI=1S/C19H15N3O3S/c1-12-3-2-4-14(9-12)18-21-22-19(26-18)20-17(23)8-6-13-5-7-15-16(10-13)25-11-24-15/h2-10H,11H2,1H3,(H,20,22,23)/b8-6+. The molecule has 2 heterocycles. The number of carbonyl (C=O) groups excluding carboxylic acids is 1. The lowest BCUT2D eigenvalue weighted by Crippen LogP contribution is -2.07. The van der Waals surface area contributed by atoms with Crippen LogP contribution in [0.5, 0.6) is 11.5 Å². The SMILES string of the molecule is Cc1cccc(-c2nnc(NC(=O)/C=C/c3ccc4c(c3)OCO4)s2)c1. The molecule has 0 spiro atoms. The van der Waals surface area contributed by atoms with E-state index in [1.165, 1.54) is 17.4 Å². The van der Waals surface area contributed by atoms with Crippen molar-refractivity contribution in [2.75, 3.05) is 12.1 Å². The molecule has 26 heavy (non-hydrogen) atoms. The number of benzene rings is 2. The summed E-state index contributed by atoms with van der Waals surface area (Å²) >= 11 is 1.34. The number of nitrogens with one attached hydrogen (secondary N) is 1. The molecule has 0 atom stereocenters. The number of nitrogens with zero attached hydrogens (tertiary/aromatic N) is 2. The molecule has 0 fully saturated rings. The zero-order chi connectivity index (χ0) is 17.9. The van der Waals surface area contributed by atoms with Crippen molar-refractivity contribution in [3.63, 3.8) is 0 Å². The minimum atomic E-state index is -0.269. The van der Waals surface area contributed by atoms with Crippen molar-refractivity contribution in [3.05, 3.63) is 59.7 Å². The third kappa shape index (κ3) is 3.57. The van der Waals surface area contributed by atoms with Crippen LogP contribution in [0.25, 0.3) is 16.6 Å². The molecule has 2 aromatic carbocycles. The van der Waals surface area contributed by atoms with E-state index in [-0.39, 0.29) is 12.7 Å². The lowest BCUT2D eigenvalue weighted by molar-refractivity contribution is -0.111. The van der Waals surface area contributed by atoms with Gasteiger partial charge >= 0.3 is 0 Å². The van der Waals surface area contributed by atoms with Crippen LogP contribution in [0.1, 0.15) is 11.1 Å². The van der Waals surface area contributed by atoms with Crippen LogP contribution >= 0.6 is 11.3 Å². The van der Waals surface area contributed by atoms with Gasteiger partial charge < -0.3 is 9.47 Å². The second-order valence-electron chi connectivity index (χ2n) is 5.72. The summed E-state index contributed by atoms with van der Waals surface area (Å²) in [6.07, 6.45) is 3.16. The highest BCUT2D eigenvalue weighted by Crippen LogP contribution is 2.32. The Bertz CT molecular complexity index is 997. The van der Waals surface area contributed by atoms with Gasteiger partial charge in [-0.2, -0.15) is 0 Å². The van der Waals surface area contributed by atoms with Gasteiger partial charge in [-0.05, 0) is 36.8 Å². The van der Waals surface area contributed by atoms with E-state index in [0.717, 1.165) is 21.7 Å². The molecule has 1 N–H and O–H groups in total. The largest absolute Gasteiger partial charge is 0.454 e. The topological polar surface area (TPSA) is 73.3 Å². The number of ether oxygens (including phenoxy) is 2. The van der Waals surface area contributed by atoms with Crippen LogP contribution in [-0.2, 0) is 4.79 Å². The lowest BCUT2D eigenvalue weighted by Gasteiger charge is -1.98. The van der Waals surface area contributed by atoms with Crippen LogP contribution in [0.2, 0.25) is 0 Å². The van der Waals surface area contributed by atoms with Gasteiger partial charge in [0.25, 0.3) is 0 Å². The molecule has 0 radical (unpaired) electrons. The second-order valence-corrected chi connectivity index (χ2v) is 6.69. The number of rotatable bonds is 4. The summed E-state index contributed by atoms with van der Waals surface area (Å²) in [6.45, 7) is 2.25. The predicted octanol–water partition coefficient (Wildman–Crippen LogP) is 3.89. The summed E-state index contributed by atoms with van der Waals surface area (Å²) in [6, 6.07) is 13.5. The van der Waals surface area contributed by atoms with Gasteiger partial charge in [0, 0.05) is 11.6 Å². The predicted molar refractivity (Wildman–Crippen MR) is 100 cm³/mol. The molecule has 1 aliphatic rings. The average Bonchev–Trinajstić information content (AvgIpc) is 3.28. The molecule has 6 nitrogen and oxygen atoms in total. The maximum absolute atomic E-state index is 12.1. The Morgan fingerprint density at radius 3 is 2.92 bits per heavy atom. The Balaban J connectivity index is 1.42. The number of anilines is 1. The van der Waals surface area contributed by atoms with Crippen molar-refractivity contribution in [2.24, 2.45) is 0 Å². The average molecular weight is 365 g/mol. The van der Waals surface area contributed by atoms with E-state index < -0.39 is 0 Å². The van der Waals surface area contributed by atoms with Crippen molar-refractivity contribution in [2.45, 2.75) is 6.92 Å². The third-order valence-corrected chi connectivity index (χ3v) is 4.63. The third-order valence-electron chi connectivity index (χ3n) is 3.74. The van der Waals surface area contributed by atoms with Crippen LogP contribution in [0.15, 0.2) is 48.5 Å². The summed E-state index contributed by atoms with van der Waals surface area (Å²) in [5.41, 5.74) is 2.98. The van der Waals surface area contributed by atoms with E-state index in [1.54, 1.807) is 6.08 Å². The number of aromatic nitrogens is 2. The summed E-state index contributed by atoms with van der Waals surface area (Å²) in [5.74, 6) is 1.12. The normalized spacial score (nSPS) is 12.5. The van der Waals surface area contributed by atoms with Crippen molar-refractivity contribution in [1.29, 1.82) is 0 Å². The fraction of sp³-hybridized carbons (Fsp3) is 0.105. The highest BCUT2D eigenvalue weighted by atomic mass is 32.1. The Labute approximate surface area is 154 Å². The van der Waals surface area contributed by atoms with Crippen LogP contribution < -0.4 is 14.8 Å². The maximum atomic E-state index is 12.1. The molecule has 1 aromatic heterocycles. The first-order valence-corrected chi connectivity index (χ1v) is 8.78. The fourth-order valence-electron chi connectivity index (χ4n) is 2.50. The first-order chi connectivity index (χ1) is 12.7. The molecule has 4 rings (SSSR count). The van der Waals surface area contributed by atoms with Crippen LogP contribution in [0.3, 0.4) is 0 Å². The summed E-state index contributed by atoms with van der Waals surface area (Å²) in [5, 5.41) is 12.1. The molecule has 0 aliphatic carbocycles. The van der Waals surface area contributed by atoms with Gasteiger partial charge in [-0.15, -0.1) is 10.2 Å². The first kappa shape index (κ1) is 16.3. The Kier molecular flexibility index (Phi) is 4.37. The quantitative estimate of drug-likeness (QED) is 0.710. The molecule has 1 aliphatic heterocycles. The van der Waals surface area contributed by atoms with Crippen LogP contribution in [0.4, 0.5) is 5.13 Å². The highest BCUT2D eigenvalue weighted by Gasteiger charge is 2.12. The molecule has 7 heteroatoms. The Morgan fingerprint density at radius 2 is 2.04 bits per heavy atom. The molecule has 0 saturated heterocycles. The minimum Gasteiger partial charge on any atom is -0.454 e. The summed E-state index contributed by atoms with van der Waals surface area (Å²) < 4.78 is 10.6. The first-order valence-electron chi connectivity index (χ1n) is 7.97. The van der Waals surface area contributed by atoms with Crippen LogP contribution in [0, 0.1) is 6.92 Å². The Morgan fingerprint density at radius 1 is 1.15 bits per heavy atom. The van der Waals surface area contributed by atoms with Gasteiger partial charge in [-0.25, -0.2) is 0 Å². The molecule has 1 amide bonds. The monoisotopic (exact) mass is 365 g/mol. The number of hydrogen-bond acceptors (Lipinski definition) is 6. The summed E-state index contributed by atoms with van der Waals surface area (Å²) in [7, 11) is 0. The van der Waals surface area contributed by atoms with E-state index in [4.69, 9.17) is 9.47 Å². The molecule has 0 saturated carbocycles. The van der Waals surface area contributed by atoms with Crippen molar-refractivity contribution in [1.82, 2.24) is 10.2 Å². The molecule has 3 aromatic rings. The van der Waals surface area contributed by atoms with Crippen molar-refractivity contribution >= 4 is 28.5 Å². The second kappa shape index (κ2) is 6.97. The number of fused-ring (bicyclic) bond motifs is 1. The molecular formula is C19H15N3O3S. The van der Waals surface area contributed by atoms with Gasteiger partial charge in [0.05, 0.1) is 0 Å². The van der Waals surface area contributed by atoms with E-state index in [9.17, 15) is 4.79 Å². The van der Waals surface area contributed by atoms with Gasteiger partial charge in [-0.3, -0.25) is 10.1 Å². The number of carbonyl (C=O) groups is 1. The van der Waals surface area contributed by atoms with Gasteiger partial charge in [0.1, 0.15) is 5.01 Å². The zero-order valence-corrected chi connectivity index (χ0v) is 14.7. The summed E-state index contributed by atoms with van der Waals surface area (Å²) in [4.78, 5) is 12.1. The van der Waals surface area contributed by atoms with E-state index >= 15 is 0 Å². The van der Waals surface area contributed by atoms with Gasteiger partial charge in [0.15, 0.2) is 11.5 Å². The van der Waals surface area contributed by atoms with Crippen LogP contribution in [-0.4, -0.2) is 22.9 Å². The highest BCUT2D eigenvalue weighted by molar-refractivity contribution is 7.18. The van der Waals surface area contributed by atoms with E-state index in [1.807, 2.05) is 49.4 Å². The fourth-order valence-corrected chi connectivity index (χ4v) is 3.25. The lowest BCUT2D eigenvalue weighted by atomic mass is 10.1. The van der Waals surface area contributed by atoms with Crippen molar-refractivity contribution < 1.29 is 14.3 Å². The minimum absolute atomic E-state index is 0.226. The molecule has 0 unspecified atom stereocenters. The van der Waals surface area contributed by atoms with E-state index in [2.05, 4.69) is 15.5 Å². The van der Waals surface area contributed by atoms with Crippen molar-refractivity contribution in [3.8, 4) is 22.1 Å². The number of hydrogen-bond donors (Lipinski definition) is 1. The van der Waals surface area contributed by atoms with E-state index in [0.29, 0.717) is 16.6 Å². The number of aryl methyl sites for hydroxylation is 1. The number of amides is 1. The zero-order valence-electron chi connectivity index (χ0n) is 13.9. The molecule has 0 bridgehead atoms.